The van der Waals surface area contributed by atoms with E-state index >= 15 is 0 Å². The SMILES string of the molecule is CC[C@@H](NC(=O)c1cccc(S(=O)(=O)N(C)c2ccccc2F)c1)c1ccccc1C. The monoisotopic (exact) mass is 440 g/mol. The molecule has 5 nitrogen and oxygen atoms in total. The lowest BCUT2D eigenvalue weighted by Crippen LogP contribution is -2.30. The van der Waals surface area contributed by atoms with Crippen molar-refractivity contribution in [3.05, 3.63) is 95.3 Å². The van der Waals surface area contributed by atoms with E-state index in [-0.39, 0.29) is 28.1 Å². The molecule has 1 N–H and O–H groups in total. The molecule has 0 fully saturated rings. The van der Waals surface area contributed by atoms with Crippen LogP contribution in [0.3, 0.4) is 0 Å². The van der Waals surface area contributed by atoms with Gasteiger partial charge in [0.15, 0.2) is 0 Å². The summed E-state index contributed by atoms with van der Waals surface area (Å²) < 4.78 is 41.0. The number of anilines is 1. The van der Waals surface area contributed by atoms with Crippen molar-refractivity contribution in [2.24, 2.45) is 0 Å². The summed E-state index contributed by atoms with van der Waals surface area (Å²) in [6.45, 7) is 3.96. The fourth-order valence-corrected chi connectivity index (χ4v) is 4.66. The minimum Gasteiger partial charge on any atom is -0.345 e. The average molecular weight is 441 g/mol. The Labute approximate surface area is 182 Å². The highest BCUT2D eigenvalue weighted by Gasteiger charge is 2.25. The smallest absolute Gasteiger partial charge is 0.264 e. The summed E-state index contributed by atoms with van der Waals surface area (Å²) in [4.78, 5) is 12.8. The summed E-state index contributed by atoms with van der Waals surface area (Å²) in [5.41, 5.74) is 2.23. The predicted molar refractivity (Wildman–Crippen MR) is 120 cm³/mol. The van der Waals surface area contributed by atoms with E-state index in [1.165, 1.54) is 43.4 Å². The van der Waals surface area contributed by atoms with Gasteiger partial charge in [0, 0.05) is 12.6 Å². The number of rotatable bonds is 7. The summed E-state index contributed by atoms with van der Waals surface area (Å²) >= 11 is 0. The quantitative estimate of drug-likeness (QED) is 0.572. The van der Waals surface area contributed by atoms with Crippen LogP contribution in [0, 0.1) is 12.7 Å². The van der Waals surface area contributed by atoms with Gasteiger partial charge in [-0.15, -0.1) is 0 Å². The molecule has 0 unspecified atom stereocenters. The van der Waals surface area contributed by atoms with Crippen molar-refractivity contribution in [2.45, 2.75) is 31.2 Å². The lowest BCUT2D eigenvalue weighted by molar-refractivity contribution is 0.0935. The fraction of sp³-hybridized carbons (Fsp3) is 0.208. The number of aryl methyl sites for hydroxylation is 1. The largest absolute Gasteiger partial charge is 0.345 e. The molecule has 0 saturated carbocycles. The molecule has 3 aromatic rings. The zero-order valence-electron chi connectivity index (χ0n) is 17.7. The van der Waals surface area contributed by atoms with E-state index in [9.17, 15) is 17.6 Å². The first-order valence-corrected chi connectivity index (χ1v) is 11.4. The van der Waals surface area contributed by atoms with Crippen LogP contribution in [0.2, 0.25) is 0 Å². The van der Waals surface area contributed by atoms with Gasteiger partial charge in [0.1, 0.15) is 5.82 Å². The maximum absolute atomic E-state index is 14.1. The number of halogens is 1. The summed E-state index contributed by atoms with van der Waals surface area (Å²) in [7, 11) is -2.77. The Bertz CT molecular complexity index is 1190. The Kier molecular flexibility index (Phi) is 6.75. The molecule has 0 aliphatic heterocycles. The molecule has 7 heteroatoms. The van der Waals surface area contributed by atoms with E-state index in [1.807, 2.05) is 38.1 Å². The van der Waals surface area contributed by atoms with Crippen molar-refractivity contribution >= 4 is 21.6 Å². The normalized spacial score (nSPS) is 12.3. The average Bonchev–Trinajstić information content (AvgIpc) is 2.78. The molecule has 0 aliphatic rings. The van der Waals surface area contributed by atoms with Crippen molar-refractivity contribution in [3.63, 3.8) is 0 Å². The molecule has 1 amide bonds. The second kappa shape index (κ2) is 9.31. The van der Waals surface area contributed by atoms with Gasteiger partial charge in [-0.25, -0.2) is 12.8 Å². The number of amides is 1. The predicted octanol–water partition coefficient (Wildman–Crippen LogP) is 4.84. The van der Waals surface area contributed by atoms with Crippen LogP contribution in [-0.2, 0) is 10.0 Å². The molecule has 1 atom stereocenters. The van der Waals surface area contributed by atoms with Crippen molar-refractivity contribution in [1.29, 1.82) is 0 Å². The first kappa shape index (κ1) is 22.5. The zero-order chi connectivity index (χ0) is 22.6. The maximum atomic E-state index is 14.1. The van der Waals surface area contributed by atoms with Crippen LogP contribution < -0.4 is 9.62 Å². The Morgan fingerprint density at radius 1 is 1.03 bits per heavy atom. The third-order valence-corrected chi connectivity index (χ3v) is 6.99. The third-order valence-electron chi connectivity index (χ3n) is 5.22. The number of nitrogens with one attached hydrogen (secondary N) is 1. The van der Waals surface area contributed by atoms with Crippen LogP contribution in [0.4, 0.5) is 10.1 Å². The van der Waals surface area contributed by atoms with E-state index in [1.54, 1.807) is 12.1 Å². The molecule has 0 spiro atoms. The second-order valence-corrected chi connectivity index (χ2v) is 9.21. The lowest BCUT2D eigenvalue weighted by atomic mass is 9.99. The van der Waals surface area contributed by atoms with Gasteiger partial charge in [0.2, 0.25) is 0 Å². The zero-order valence-corrected chi connectivity index (χ0v) is 18.5. The minimum atomic E-state index is -4.05. The topological polar surface area (TPSA) is 66.5 Å². The van der Waals surface area contributed by atoms with Crippen LogP contribution >= 0.6 is 0 Å². The Morgan fingerprint density at radius 3 is 2.39 bits per heavy atom. The molecule has 0 heterocycles. The molecule has 0 radical (unpaired) electrons. The van der Waals surface area contributed by atoms with E-state index in [4.69, 9.17) is 0 Å². The van der Waals surface area contributed by atoms with Gasteiger partial charge in [-0.3, -0.25) is 9.10 Å². The molecule has 0 aliphatic carbocycles. The minimum absolute atomic E-state index is 0.0667. The Hall–Kier alpha value is -3.19. The number of para-hydroxylation sites is 1. The number of sulfonamides is 1. The van der Waals surface area contributed by atoms with Gasteiger partial charge in [-0.2, -0.15) is 0 Å². The van der Waals surface area contributed by atoms with Crippen molar-refractivity contribution < 1.29 is 17.6 Å². The van der Waals surface area contributed by atoms with Gasteiger partial charge >= 0.3 is 0 Å². The first-order chi connectivity index (χ1) is 14.8. The summed E-state index contributed by atoms with van der Waals surface area (Å²) in [5.74, 6) is -1.02. The standard InChI is InChI=1S/C24H25FN2O3S/c1-4-22(20-13-6-5-10-17(20)2)26-24(28)18-11-9-12-19(16-18)31(29,30)27(3)23-15-8-7-14-21(23)25/h5-16,22H,4H2,1-3H3,(H,26,28)/t22-/m1/s1. The van der Waals surface area contributed by atoms with E-state index in [0.29, 0.717) is 6.42 Å². The fourth-order valence-electron chi connectivity index (χ4n) is 3.41. The van der Waals surface area contributed by atoms with Crippen molar-refractivity contribution in [3.8, 4) is 0 Å². The van der Waals surface area contributed by atoms with Gasteiger partial charge in [-0.05, 0) is 54.8 Å². The van der Waals surface area contributed by atoms with Crippen LogP contribution in [0.15, 0.2) is 77.7 Å². The molecule has 3 aromatic carbocycles. The molecule has 162 valence electrons. The number of carbonyl (C=O) groups is 1. The Morgan fingerprint density at radius 2 is 1.71 bits per heavy atom. The van der Waals surface area contributed by atoms with Crippen LogP contribution in [-0.4, -0.2) is 21.4 Å². The van der Waals surface area contributed by atoms with Gasteiger partial charge < -0.3 is 5.32 Å². The molecular formula is C24H25FN2O3S. The molecule has 0 aromatic heterocycles. The molecule has 0 saturated heterocycles. The lowest BCUT2D eigenvalue weighted by Gasteiger charge is -2.21. The first-order valence-electron chi connectivity index (χ1n) is 9.95. The number of hydrogen-bond donors (Lipinski definition) is 1. The molecule has 3 rings (SSSR count). The highest BCUT2D eigenvalue weighted by atomic mass is 32.2. The Balaban J connectivity index is 1.88. The summed E-state index contributed by atoms with van der Waals surface area (Å²) in [5, 5.41) is 2.98. The van der Waals surface area contributed by atoms with Crippen LogP contribution in [0.5, 0.6) is 0 Å². The number of benzene rings is 3. The van der Waals surface area contributed by atoms with Crippen molar-refractivity contribution in [1.82, 2.24) is 5.32 Å². The van der Waals surface area contributed by atoms with E-state index in [0.717, 1.165) is 15.4 Å². The van der Waals surface area contributed by atoms with Gasteiger partial charge in [0.25, 0.3) is 15.9 Å². The highest BCUT2D eigenvalue weighted by molar-refractivity contribution is 7.92. The van der Waals surface area contributed by atoms with Gasteiger partial charge in [-0.1, -0.05) is 49.4 Å². The highest BCUT2D eigenvalue weighted by Crippen LogP contribution is 2.26. The summed E-state index contributed by atoms with van der Waals surface area (Å²) in [6, 6.07) is 19.0. The van der Waals surface area contributed by atoms with Crippen LogP contribution in [0.25, 0.3) is 0 Å². The summed E-state index contributed by atoms with van der Waals surface area (Å²) in [6.07, 6.45) is 0.685. The molecule has 0 bridgehead atoms. The van der Waals surface area contributed by atoms with Gasteiger partial charge in [0.05, 0.1) is 16.6 Å². The number of hydrogen-bond acceptors (Lipinski definition) is 3. The van der Waals surface area contributed by atoms with E-state index in [2.05, 4.69) is 5.32 Å². The maximum Gasteiger partial charge on any atom is 0.264 e. The van der Waals surface area contributed by atoms with Crippen molar-refractivity contribution in [2.75, 3.05) is 11.4 Å². The third kappa shape index (κ3) is 4.77. The number of carbonyl (C=O) groups excluding carboxylic acids is 1. The number of nitrogens with zero attached hydrogens (tertiary/aromatic N) is 1. The van der Waals surface area contributed by atoms with E-state index < -0.39 is 15.8 Å². The molecular weight excluding hydrogens is 415 g/mol. The van der Waals surface area contributed by atoms with Crippen LogP contribution in [0.1, 0.15) is 40.9 Å². The second-order valence-electron chi connectivity index (χ2n) is 7.24. The molecule has 31 heavy (non-hydrogen) atoms.